The molecular formula is C26H23N5O2. The molecule has 0 aliphatic carbocycles. The van der Waals surface area contributed by atoms with E-state index >= 15 is 0 Å². The topological polar surface area (TPSA) is 96.0 Å². The van der Waals surface area contributed by atoms with Crippen molar-refractivity contribution in [3.05, 3.63) is 102 Å². The fourth-order valence-electron chi connectivity index (χ4n) is 3.27. The van der Waals surface area contributed by atoms with Gasteiger partial charge in [-0.05, 0) is 37.3 Å². The van der Waals surface area contributed by atoms with Gasteiger partial charge in [-0.2, -0.15) is 0 Å². The number of hydrogen-bond acceptors (Lipinski definition) is 5. The Bertz CT molecular complexity index is 1260. The van der Waals surface area contributed by atoms with Crippen molar-refractivity contribution in [2.75, 3.05) is 17.2 Å². The van der Waals surface area contributed by atoms with Crippen LogP contribution in [0.3, 0.4) is 0 Å². The molecule has 0 aliphatic heterocycles. The Balaban J connectivity index is 1.39. The van der Waals surface area contributed by atoms with Gasteiger partial charge in [0.25, 0.3) is 5.91 Å². The molecule has 4 aromatic rings. The zero-order valence-electron chi connectivity index (χ0n) is 18.1. The lowest BCUT2D eigenvalue weighted by Crippen LogP contribution is -2.32. The van der Waals surface area contributed by atoms with Gasteiger partial charge >= 0.3 is 0 Å². The summed E-state index contributed by atoms with van der Waals surface area (Å²) < 4.78 is 0. The summed E-state index contributed by atoms with van der Waals surface area (Å²) in [6.45, 7) is 1.72. The molecule has 0 spiro atoms. The normalized spacial score (nSPS) is 10.3. The predicted molar refractivity (Wildman–Crippen MR) is 129 cm³/mol. The average molecular weight is 438 g/mol. The minimum Gasteiger partial charge on any atom is -0.343 e. The number of amides is 2. The maximum atomic E-state index is 12.3. The first kappa shape index (κ1) is 21.7. The number of benzene rings is 3. The van der Waals surface area contributed by atoms with Crippen LogP contribution in [0.2, 0.25) is 0 Å². The van der Waals surface area contributed by atoms with Gasteiger partial charge in [-0.25, -0.2) is 9.97 Å². The molecule has 0 atom stereocenters. The zero-order valence-corrected chi connectivity index (χ0v) is 18.1. The van der Waals surface area contributed by atoms with Crippen LogP contribution in [0.5, 0.6) is 0 Å². The summed E-state index contributed by atoms with van der Waals surface area (Å²) in [5.74, 6) is 0.688. The van der Waals surface area contributed by atoms with Crippen molar-refractivity contribution in [2.45, 2.75) is 6.92 Å². The number of hydrogen-bond donors (Lipinski definition) is 3. The van der Waals surface area contributed by atoms with Gasteiger partial charge in [0, 0.05) is 28.6 Å². The van der Waals surface area contributed by atoms with Crippen molar-refractivity contribution >= 4 is 29.0 Å². The van der Waals surface area contributed by atoms with Gasteiger partial charge in [-0.15, -0.1) is 0 Å². The molecule has 7 nitrogen and oxygen atoms in total. The third kappa shape index (κ3) is 6.01. The van der Waals surface area contributed by atoms with E-state index in [0.717, 1.165) is 16.9 Å². The van der Waals surface area contributed by atoms with E-state index < -0.39 is 0 Å². The van der Waals surface area contributed by atoms with E-state index in [0.29, 0.717) is 22.9 Å². The van der Waals surface area contributed by atoms with Crippen LogP contribution in [-0.4, -0.2) is 28.3 Å². The molecule has 0 aliphatic rings. The standard InChI is InChI=1S/C26H23N5O2/c1-18-28-23(19-9-4-2-5-10-19)16-24(29-18)30-21-13-8-14-22(15-21)31-25(32)17-27-26(33)20-11-6-3-7-12-20/h2-16H,17H2,1H3,(H,27,33)(H,31,32)(H,28,29,30). The van der Waals surface area contributed by atoms with Crippen LogP contribution in [0.4, 0.5) is 17.2 Å². The van der Waals surface area contributed by atoms with E-state index in [4.69, 9.17) is 0 Å². The van der Waals surface area contributed by atoms with Crippen molar-refractivity contribution < 1.29 is 9.59 Å². The largest absolute Gasteiger partial charge is 0.343 e. The Morgan fingerprint density at radius 1 is 0.788 bits per heavy atom. The summed E-state index contributed by atoms with van der Waals surface area (Å²) >= 11 is 0. The first-order valence-corrected chi connectivity index (χ1v) is 10.5. The molecule has 33 heavy (non-hydrogen) atoms. The van der Waals surface area contributed by atoms with Gasteiger partial charge in [0.15, 0.2) is 0 Å². The Morgan fingerprint density at radius 3 is 2.24 bits per heavy atom. The number of aromatic nitrogens is 2. The van der Waals surface area contributed by atoms with Gasteiger partial charge in [0.2, 0.25) is 5.91 Å². The molecule has 0 saturated heterocycles. The fraction of sp³-hybridized carbons (Fsp3) is 0.0769. The second-order valence-corrected chi connectivity index (χ2v) is 7.35. The highest BCUT2D eigenvalue weighted by Crippen LogP contribution is 2.23. The minimum atomic E-state index is -0.319. The monoisotopic (exact) mass is 437 g/mol. The van der Waals surface area contributed by atoms with Crippen molar-refractivity contribution in [3.8, 4) is 11.3 Å². The van der Waals surface area contributed by atoms with Gasteiger partial charge < -0.3 is 16.0 Å². The molecule has 0 bridgehead atoms. The number of carbonyl (C=O) groups excluding carboxylic acids is 2. The lowest BCUT2D eigenvalue weighted by Gasteiger charge is -2.11. The molecule has 3 aromatic carbocycles. The SMILES string of the molecule is Cc1nc(Nc2cccc(NC(=O)CNC(=O)c3ccccc3)c2)cc(-c2ccccc2)n1. The van der Waals surface area contributed by atoms with Crippen molar-refractivity contribution in [3.63, 3.8) is 0 Å². The number of aryl methyl sites for hydroxylation is 1. The maximum Gasteiger partial charge on any atom is 0.251 e. The Hall–Kier alpha value is -4.52. The number of carbonyl (C=O) groups is 2. The van der Waals surface area contributed by atoms with E-state index in [-0.39, 0.29) is 18.4 Å². The first-order valence-electron chi connectivity index (χ1n) is 10.5. The molecule has 4 rings (SSSR count). The third-order valence-electron chi connectivity index (χ3n) is 4.77. The van der Waals surface area contributed by atoms with Gasteiger partial charge in [0.1, 0.15) is 11.6 Å². The highest BCUT2D eigenvalue weighted by molar-refractivity contribution is 5.99. The quantitative estimate of drug-likeness (QED) is 0.394. The Kier molecular flexibility index (Phi) is 6.70. The summed E-state index contributed by atoms with van der Waals surface area (Å²) in [4.78, 5) is 33.4. The van der Waals surface area contributed by atoms with Crippen LogP contribution in [0.1, 0.15) is 16.2 Å². The van der Waals surface area contributed by atoms with Gasteiger partial charge in [-0.3, -0.25) is 9.59 Å². The second kappa shape index (κ2) is 10.2. The summed E-state index contributed by atoms with van der Waals surface area (Å²) in [7, 11) is 0. The number of rotatable bonds is 7. The van der Waals surface area contributed by atoms with E-state index in [1.807, 2.05) is 61.5 Å². The molecule has 0 radical (unpaired) electrons. The van der Waals surface area contributed by atoms with Gasteiger partial charge in [0.05, 0.1) is 12.2 Å². The van der Waals surface area contributed by atoms with Crippen molar-refractivity contribution in [1.82, 2.24) is 15.3 Å². The molecular weight excluding hydrogens is 414 g/mol. The van der Waals surface area contributed by atoms with Crippen LogP contribution in [-0.2, 0) is 4.79 Å². The molecule has 1 heterocycles. The van der Waals surface area contributed by atoms with Gasteiger partial charge in [-0.1, -0.05) is 54.6 Å². The number of anilines is 3. The first-order chi connectivity index (χ1) is 16.1. The van der Waals surface area contributed by atoms with Crippen LogP contribution >= 0.6 is 0 Å². The fourth-order valence-corrected chi connectivity index (χ4v) is 3.27. The Labute approximate surface area is 191 Å². The highest BCUT2D eigenvalue weighted by Gasteiger charge is 2.09. The summed E-state index contributed by atoms with van der Waals surface area (Å²) in [5.41, 5.74) is 3.70. The summed E-state index contributed by atoms with van der Waals surface area (Å²) in [5, 5.41) is 8.68. The summed E-state index contributed by atoms with van der Waals surface area (Å²) in [6, 6.07) is 27.8. The van der Waals surface area contributed by atoms with Crippen molar-refractivity contribution in [1.29, 1.82) is 0 Å². The van der Waals surface area contributed by atoms with Crippen LogP contribution in [0.25, 0.3) is 11.3 Å². The lowest BCUT2D eigenvalue weighted by atomic mass is 10.1. The molecule has 0 fully saturated rings. The average Bonchev–Trinajstić information content (AvgIpc) is 2.83. The Morgan fingerprint density at radius 2 is 1.48 bits per heavy atom. The molecule has 1 aromatic heterocycles. The molecule has 2 amide bonds. The molecule has 0 unspecified atom stereocenters. The van der Waals surface area contributed by atoms with E-state index in [2.05, 4.69) is 25.9 Å². The molecule has 7 heteroatoms. The maximum absolute atomic E-state index is 12.3. The van der Waals surface area contributed by atoms with E-state index in [1.54, 1.807) is 36.4 Å². The van der Waals surface area contributed by atoms with Crippen molar-refractivity contribution in [2.24, 2.45) is 0 Å². The molecule has 0 saturated carbocycles. The van der Waals surface area contributed by atoms with Crippen LogP contribution in [0.15, 0.2) is 91.0 Å². The third-order valence-corrected chi connectivity index (χ3v) is 4.77. The van der Waals surface area contributed by atoms with Crippen LogP contribution in [0, 0.1) is 6.92 Å². The zero-order chi connectivity index (χ0) is 23.0. The van der Waals surface area contributed by atoms with E-state index in [1.165, 1.54) is 0 Å². The number of nitrogens with one attached hydrogen (secondary N) is 3. The van der Waals surface area contributed by atoms with E-state index in [9.17, 15) is 9.59 Å². The predicted octanol–water partition coefficient (Wildman–Crippen LogP) is 4.56. The van der Waals surface area contributed by atoms with Crippen LogP contribution < -0.4 is 16.0 Å². The summed E-state index contributed by atoms with van der Waals surface area (Å²) in [6.07, 6.45) is 0. The second-order valence-electron chi connectivity index (χ2n) is 7.35. The smallest absolute Gasteiger partial charge is 0.251 e. The highest BCUT2D eigenvalue weighted by atomic mass is 16.2. The molecule has 164 valence electrons. The molecule has 3 N–H and O–H groups in total. The lowest BCUT2D eigenvalue weighted by molar-refractivity contribution is -0.115. The minimum absolute atomic E-state index is 0.128. The number of nitrogens with zero attached hydrogens (tertiary/aromatic N) is 2.